The maximum Gasteiger partial charge on any atom is 0.316 e. The molecule has 0 saturated carbocycles. The van der Waals surface area contributed by atoms with Gasteiger partial charge in [-0.1, -0.05) is 23.4 Å². The largest absolute Gasteiger partial charge is 0.467 e. The van der Waals surface area contributed by atoms with Crippen LogP contribution in [0, 0.1) is 5.82 Å². The first-order chi connectivity index (χ1) is 15.0. The lowest BCUT2D eigenvalue weighted by Gasteiger charge is -2.20. The molecule has 2 heterocycles. The van der Waals surface area contributed by atoms with E-state index in [4.69, 9.17) is 25.8 Å². The Bertz CT molecular complexity index is 1090. The Morgan fingerprint density at radius 1 is 1.29 bits per heavy atom. The lowest BCUT2D eigenvalue weighted by Crippen LogP contribution is -2.15. The number of thioether (sulfide) groups is 1. The van der Waals surface area contributed by atoms with Crippen LogP contribution in [0.1, 0.15) is 18.1 Å². The minimum atomic E-state index is -0.450. The van der Waals surface area contributed by atoms with Crippen molar-refractivity contribution in [2.75, 3.05) is 12.5 Å². The number of esters is 1. The van der Waals surface area contributed by atoms with E-state index in [1.807, 2.05) is 23.6 Å². The fourth-order valence-electron chi connectivity index (χ4n) is 3.18. The summed E-state index contributed by atoms with van der Waals surface area (Å²) in [6, 6.07) is 9.97. The second-order valence-electron chi connectivity index (χ2n) is 6.67. The Morgan fingerprint density at radius 3 is 2.87 bits per heavy atom. The number of nitrogens with zero attached hydrogens (tertiary/aromatic N) is 3. The van der Waals surface area contributed by atoms with Gasteiger partial charge in [-0.3, -0.25) is 4.79 Å². The van der Waals surface area contributed by atoms with E-state index in [1.54, 1.807) is 12.1 Å². The van der Waals surface area contributed by atoms with Gasteiger partial charge in [0.25, 0.3) is 0 Å². The number of hydrogen-bond donors (Lipinski definition) is 0. The number of ether oxygens (including phenoxy) is 3. The van der Waals surface area contributed by atoms with Gasteiger partial charge < -0.3 is 18.8 Å². The zero-order valence-electron chi connectivity index (χ0n) is 16.6. The number of halogens is 2. The van der Waals surface area contributed by atoms with Gasteiger partial charge in [0.15, 0.2) is 17.8 Å². The molecule has 0 spiro atoms. The van der Waals surface area contributed by atoms with E-state index in [9.17, 15) is 9.18 Å². The molecule has 7 nitrogen and oxygen atoms in total. The Morgan fingerprint density at radius 2 is 2.10 bits per heavy atom. The van der Waals surface area contributed by atoms with Crippen LogP contribution in [-0.2, 0) is 34.0 Å². The molecule has 0 aliphatic carbocycles. The fraction of sp³-hybridized carbons (Fsp3) is 0.286. The predicted molar refractivity (Wildman–Crippen MR) is 113 cm³/mol. The van der Waals surface area contributed by atoms with Crippen molar-refractivity contribution in [3.8, 4) is 17.1 Å². The second kappa shape index (κ2) is 9.67. The summed E-state index contributed by atoms with van der Waals surface area (Å²) in [5, 5.41) is 9.68. The first kappa shape index (κ1) is 21.6. The number of benzene rings is 2. The number of carbonyl (C=O) groups is 1. The summed E-state index contributed by atoms with van der Waals surface area (Å²) >= 11 is 7.18. The highest BCUT2D eigenvalue weighted by atomic mass is 35.5. The lowest BCUT2D eigenvalue weighted by atomic mass is 10.1. The molecule has 31 heavy (non-hydrogen) atoms. The molecule has 0 saturated heterocycles. The van der Waals surface area contributed by atoms with Crippen LogP contribution in [0.2, 0.25) is 5.02 Å². The maximum absolute atomic E-state index is 13.8. The third-order valence-electron chi connectivity index (χ3n) is 4.59. The predicted octanol–water partition coefficient (Wildman–Crippen LogP) is 4.46. The van der Waals surface area contributed by atoms with Gasteiger partial charge in [0.1, 0.15) is 18.2 Å². The molecule has 0 bridgehead atoms. The molecule has 3 aromatic rings. The van der Waals surface area contributed by atoms with Crippen molar-refractivity contribution in [3.05, 3.63) is 58.4 Å². The maximum atomic E-state index is 13.8. The van der Waals surface area contributed by atoms with E-state index in [-0.39, 0.29) is 25.8 Å². The van der Waals surface area contributed by atoms with Gasteiger partial charge in [-0.25, -0.2) is 4.39 Å². The minimum Gasteiger partial charge on any atom is -0.467 e. The molecule has 0 atom stereocenters. The summed E-state index contributed by atoms with van der Waals surface area (Å²) in [6.07, 6.45) is 0. The normalized spacial score (nSPS) is 12.9. The van der Waals surface area contributed by atoms with Crippen LogP contribution in [0.4, 0.5) is 4.39 Å². The molecular formula is C21H19ClFN3O4S. The summed E-state index contributed by atoms with van der Waals surface area (Å²) in [5.74, 6) is 0.361. The summed E-state index contributed by atoms with van der Waals surface area (Å²) in [7, 11) is 0. The topological polar surface area (TPSA) is 75.5 Å². The van der Waals surface area contributed by atoms with Gasteiger partial charge in [0.2, 0.25) is 0 Å². The molecule has 162 valence electrons. The van der Waals surface area contributed by atoms with E-state index in [0.717, 1.165) is 5.56 Å². The Labute approximate surface area is 187 Å². The van der Waals surface area contributed by atoms with E-state index in [0.29, 0.717) is 39.4 Å². The number of rotatable bonds is 7. The van der Waals surface area contributed by atoms with Gasteiger partial charge >= 0.3 is 5.97 Å². The zero-order chi connectivity index (χ0) is 21.8. The highest BCUT2D eigenvalue weighted by Gasteiger charge is 2.19. The average molecular weight is 464 g/mol. The molecule has 0 fully saturated rings. The molecule has 0 radical (unpaired) electrons. The van der Waals surface area contributed by atoms with Crippen molar-refractivity contribution in [2.45, 2.75) is 31.8 Å². The van der Waals surface area contributed by atoms with Crippen molar-refractivity contribution in [3.63, 3.8) is 0 Å². The second-order valence-corrected chi connectivity index (χ2v) is 8.05. The van der Waals surface area contributed by atoms with Gasteiger partial charge in [0.05, 0.1) is 12.4 Å². The SMILES string of the molecule is CCn1c(SCC(=O)OCc2cc(F)cc3c2OCOC3)nnc1-c1ccc(Cl)cc1. The summed E-state index contributed by atoms with van der Waals surface area (Å²) < 4.78 is 31.7. The molecule has 0 N–H and O–H groups in total. The van der Waals surface area contributed by atoms with Gasteiger partial charge in [-0.05, 0) is 43.3 Å². The third-order valence-corrected chi connectivity index (χ3v) is 5.79. The molecule has 1 aliphatic heterocycles. The van der Waals surface area contributed by atoms with Gasteiger partial charge in [0, 0.05) is 28.3 Å². The first-order valence-electron chi connectivity index (χ1n) is 9.54. The summed E-state index contributed by atoms with van der Waals surface area (Å²) in [6.45, 7) is 2.86. The van der Waals surface area contributed by atoms with Gasteiger partial charge in [-0.2, -0.15) is 0 Å². The van der Waals surface area contributed by atoms with Gasteiger partial charge in [-0.15, -0.1) is 10.2 Å². The Kier molecular flexibility index (Phi) is 6.74. The van der Waals surface area contributed by atoms with Crippen molar-refractivity contribution < 1.29 is 23.4 Å². The smallest absolute Gasteiger partial charge is 0.316 e. The highest BCUT2D eigenvalue weighted by Crippen LogP contribution is 2.30. The summed E-state index contributed by atoms with van der Waals surface area (Å²) in [4.78, 5) is 12.3. The molecule has 0 unspecified atom stereocenters. The number of fused-ring (bicyclic) bond motifs is 1. The van der Waals surface area contributed by atoms with E-state index in [1.165, 1.54) is 23.9 Å². The minimum absolute atomic E-state index is 0.0419. The quantitative estimate of drug-likeness (QED) is 0.378. The van der Waals surface area contributed by atoms with E-state index < -0.39 is 11.8 Å². The van der Waals surface area contributed by atoms with Crippen LogP contribution in [-0.4, -0.2) is 33.3 Å². The van der Waals surface area contributed by atoms with Crippen LogP contribution in [0.25, 0.3) is 11.4 Å². The van der Waals surface area contributed by atoms with Crippen molar-refractivity contribution in [2.24, 2.45) is 0 Å². The van der Waals surface area contributed by atoms with Crippen molar-refractivity contribution in [1.82, 2.24) is 14.8 Å². The monoisotopic (exact) mass is 463 g/mol. The van der Waals surface area contributed by atoms with Crippen LogP contribution in [0.5, 0.6) is 5.75 Å². The Balaban J connectivity index is 1.39. The third kappa shape index (κ3) is 5.00. The van der Waals surface area contributed by atoms with E-state index >= 15 is 0 Å². The van der Waals surface area contributed by atoms with Crippen LogP contribution < -0.4 is 4.74 Å². The number of carbonyl (C=O) groups excluding carboxylic acids is 1. The number of hydrogen-bond acceptors (Lipinski definition) is 7. The van der Waals surface area contributed by atoms with Crippen molar-refractivity contribution in [1.29, 1.82) is 0 Å². The van der Waals surface area contributed by atoms with Crippen LogP contribution in [0.3, 0.4) is 0 Å². The standard InChI is InChI=1S/C21H19ClFN3O4S/c1-2-26-20(13-3-5-16(22)6-4-13)24-25-21(26)31-11-18(27)29-10-15-8-17(23)7-14-9-28-12-30-19(14)15/h3-8H,2,9-12H2,1H3. The molecule has 1 aromatic heterocycles. The van der Waals surface area contributed by atoms with Crippen LogP contribution >= 0.6 is 23.4 Å². The molecule has 0 amide bonds. The Hall–Kier alpha value is -2.62. The number of aromatic nitrogens is 3. The first-order valence-corrected chi connectivity index (χ1v) is 10.9. The molecule has 10 heteroatoms. The van der Waals surface area contributed by atoms with Crippen LogP contribution in [0.15, 0.2) is 41.6 Å². The fourth-order valence-corrected chi connectivity index (χ4v) is 4.11. The molecule has 4 rings (SSSR count). The van der Waals surface area contributed by atoms with E-state index in [2.05, 4.69) is 10.2 Å². The lowest BCUT2D eigenvalue weighted by molar-refractivity contribution is -0.141. The average Bonchev–Trinajstić information content (AvgIpc) is 3.19. The zero-order valence-corrected chi connectivity index (χ0v) is 18.2. The molecule has 2 aromatic carbocycles. The molecule has 1 aliphatic rings. The molecular weight excluding hydrogens is 445 g/mol. The van der Waals surface area contributed by atoms with Crippen molar-refractivity contribution >= 4 is 29.3 Å². The summed E-state index contributed by atoms with van der Waals surface area (Å²) in [5.41, 5.74) is 1.95. The highest BCUT2D eigenvalue weighted by molar-refractivity contribution is 7.99.